The second kappa shape index (κ2) is 7.46. The van der Waals surface area contributed by atoms with Crippen LogP contribution >= 0.6 is 15.9 Å². The summed E-state index contributed by atoms with van der Waals surface area (Å²) in [6.07, 6.45) is 4.00. The highest BCUT2D eigenvalue weighted by molar-refractivity contribution is 9.10. The van der Waals surface area contributed by atoms with Crippen molar-refractivity contribution in [1.29, 1.82) is 0 Å². The van der Waals surface area contributed by atoms with Gasteiger partial charge < -0.3 is 10.2 Å². The van der Waals surface area contributed by atoms with Gasteiger partial charge >= 0.3 is 0 Å². The Morgan fingerprint density at radius 1 is 1.30 bits per heavy atom. The molecular weight excluding hydrogens is 312 g/mol. The molecule has 1 aliphatic rings. The zero-order chi connectivity index (χ0) is 14.5. The van der Waals surface area contributed by atoms with Crippen molar-refractivity contribution in [2.24, 2.45) is 5.92 Å². The molecule has 20 heavy (non-hydrogen) atoms. The molecule has 0 spiro atoms. The van der Waals surface area contributed by atoms with E-state index >= 15 is 0 Å². The van der Waals surface area contributed by atoms with Gasteiger partial charge in [-0.05, 0) is 42.9 Å². The van der Waals surface area contributed by atoms with Crippen LogP contribution < -0.4 is 10.2 Å². The third-order valence-electron chi connectivity index (χ3n) is 4.12. The van der Waals surface area contributed by atoms with Crippen molar-refractivity contribution < 1.29 is 0 Å². The van der Waals surface area contributed by atoms with Crippen molar-refractivity contribution in [1.82, 2.24) is 5.32 Å². The second-order valence-electron chi connectivity index (χ2n) is 6.33. The third kappa shape index (κ3) is 4.49. The van der Waals surface area contributed by atoms with Gasteiger partial charge in [0, 0.05) is 35.8 Å². The zero-order valence-corrected chi connectivity index (χ0v) is 14.5. The Morgan fingerprint density at radius 2 is 2.10 bits per heavy atom. The Balaban J connectivity index is 2.04. The first-order valence-corrected chi connectivity index (χ1v) is 8.62. The molecule has 1 aromatic rings. The molecule has 1 heterocycles. The number of nitrogens with zero attached hydrogens (tertiary/aromatic N) is 1. The number of hydrogen-bond acceptors (Lipinski definition) is 2. The fourth-order valence-electron chi connectivity index (χ4n) is 2.71. The van der Waals surface area contributed by atoms with E-state index in [4.69, 9.17) is 0 Å². The summed E-state index contributed by atoms with van der Waals surface area (Å²) in [7, 11) is 0. The van der Waals surface area contributed by atoms with Gasteiger partial charge in [-0.15, -0.1) is 0 Å². The van der Waals surface area contributed by atoms with Crippen LogP contribution in [0.1, 0.15) is 45.6 Å². The molecule has 0 saturated carbocycles. The van der Waals surface area contributed by atoms with Crippen molar-refractivity contribution in [3.05, 3.63) is 28.2 Å². The fourth-order valence-corrected chi connectivity index (χ4v) is 3.22. The molecule has 0 aromatic heterocycles. The molecule has 1 saturated heterocycles. The van der Waals surface area contributed by atoms with Crippen LogP contribution in [0.3, 0.4) is 0 Å². The predicted octanol–water partition coefficient (Wildman–Crippen LogP) is 4.57. The highest BCUT2D eigenvalue weighted by atomic mass is 79.9. The SMILES string of the molecule is CC1CCCN(c2ccc(CNC(C)C)c(Br)c2)CC1. The van der Waals surface area contributed by atoms with Gasteiger partial charge in [-0.2, -0.15) is 0 Å². The Bertz CT molecular complexity index is 431. The zero-order valence-electron chi connectivity index (χ0n) is 13.0. The minimum absolute atomic E-state index is 0.522. The molecule has 112 valence electrons. The van der Waals surface area contributed by atoms with Crippen LogP contribution in [-0.2, 0) is 6.54 Å². The summed E-state index contributed by atoms with van der Waals surface area (Å²) in [6.45, 7) is 10.1. The molecule has 0 amide bonds. The average Bonchev–Trinajstić information content (AvgIpc) is 2.62. The van der Waals surface area contributed by atoms with Crippen LogP contribution in [0.5, 0.6) is 0 Å². The Hall–Kier alpha value is -0.540. The van der Waals surface area contributed by atoms with Gasteiger partial charge in [0.15, 0.2) is 0 Å². The van der Waals surface area contributed by atoms with Crippen molar-refractivity contribution in [3.8, 4) is 0 Å². The molecule has 1 unspecified atom stereocenters. The molecule has 1 aliphatic heterocycles. The van der Waals surface area contributed by atoms with Gasteiger partial charge in [-0.1, -0.05) is 42.8 Å². The van der Waals surface area contributed by atoms with Crippen LogP contribution in [-0.4, -0.2) is 19.1 Å². The highest BCUT2D eigenvalue weighted by Crippen LogP contribution is 2.27. The van der Waals surface area contributed by atoms with Crippen molar-refractivity contribution in [2.45, 2.75) is 52.6 Å². The summed E-state index contributed by atoms with van der Waals surface area (Å²) in [4.78, 5) is 2.54. The molecule has 1 atom stereocenters. The summed E-state index contributed by atoms with van der Waals surface area (Å²) in [5.74, 6) is 0.873. The second-order valence-corrected chi connectivity index (χ2v) is 7.19. The van der Waals surface area contributed by atoms with E-state index in [0.717, 1.165) is 12.5 Å². The van der Waals surface area contributed by atoms with E-state index in [9.17, 15) is 0 Å². The number of rotatable bonds is 4. The number of halogens is 1. The lowest BCUT2D eigenvalue weighted by Crippen LogP contribution is -2.24. The van der Waals surface area contributed by atoms with Gasteiger partial charge in [0.1, 0.15) is 0 Å². The average molecular weight is 339 g/mol. The van der Waals surface area contributed by atoms with Gasteiger partial charge in [0.2, 0.25) is 0 Å². The Morgan fingerprint density at radius 3 is 2.80 bits per heavy atom. The molecule has 1 aromatic carbocycles. The quantitative estimate of drug-likeness (QED) is 0.864. The van der Waals surface area contributed by atoms with Crippen LogP contribution in [0, 0.1) is 5.92 Å². The summed E-state index contributed by atoms with van der Waals surface area (Å²) >= 11 is 3.73. The van der Waals surface area contributed by atoms with Crippen LogP contribution in [0.4, 0.5) is 5.69 Å². The van der Waals surface area contributed by atoms with E-state index in [-0.39, 0.29) is 0 Å². The van der Waals surface area contributed by atoms with Crippen molar-refractivity contribution >= 4 is 21.6 Å². The van der Waals surface area contributed by atoms with Gasteiger partial charge in [-0.3, -0.25) is 0 Å². The first kappa shape index (κ1) is 15.8. The fraction of sp³-hybridized carbons (Fsp3) is 0.647. The van der Waals surface area contributed by atoms with Crippen LogP contribution in [0.25, 0.3) is 0 Å². The van der Waals surface area contributed by atoms with E-state index in [1.807, 2.05) is 0 Å². The Labute approximate surface area is 132 Å². The van der Waals surface area contributed by atoms with Crippen molar-refractivity contribution in [2.75, 3.05) is 18.0 Å². The van der Waals surface area contributed by atoms with Crippen LogP contribution in [0.15, 0.2) is 22.7 Å². The highest BCUT2D eigenvalue weighted by Gasteiger charge is 2.15. The molecule has 1 N–H and O–H groups in total. The molecule has 0 bridgehead atoms. The minimum atomic E-state index is 0.522. The number of benzene rings is 1. The standard InChI is InChI=1S/C17H27BrN2/c1-13(2)19-12-15-6-7-16(11-17(15)18)20-9-4-5-14(3)8-10-20/h6-7,11,13-14,19H,4-5,8-10,12H2,1-3H3. The maximum absolute atomic E-state index is 3.73. The van der Waals surface area contributed by atoms with Gasteiger partial charge in [0.05, 0.1) is 0 Å². The largest absolute Gasteiger partial charge is 0.371 e. The van der Waals surface area contributed by atoms with E-state index in [1.54, 1.807) is 0 Å². The molecule has 1 fully saturated rings. The Kier molecular flexibility index (Phi) is 5.91. The van der Waals surface area contributed by atoms with E-state index in [1.165, 1.54) is 48.1 Å². The van der Waals surface area contributed by atoms with Gasteiger partial charge in [0.25, 0.3) is 0 Å². The molecule has 2 rings (SSSR count). The third-order valence-corrected chi connectivity index (χ3v) is 4.86. The maximum Gasteiger partial charge on any atom is 0.0377 e. The van der Waals surface area contributed by atoms with Crippen molar-refractivity contribution in [3.63, 3.8) is 0 Å². The van der Waals surface area contributed by atoms with E-state index in [0.29, 0.717) is 6.04 Å². The number of nitrogens with one attached hydrogen (secondary N) is 1. The van der Waals surface area contributed by atoms with Gasteiger partial charge in [-0.25, -0.2) is 0 Å². The van der Waals surface area contributed by atoms with E-state index < -0.39 is 0 Å². The molecule has 0 aliphatic carbocycles. The lowest BCUT2D eigenvalue weighted by atomic mass is 10.0. The van der Waals surface area contributed by atoms with Crippen LogP contribution in [0.2, 0.25) is 0 Å². The number of hydrogen-bond donors (Lipinski definition) is 1. The molecule has 0 radical (unpaired) electrons. The maximum atomic E-state index is 3.73. The molecule has 2 nitrogen and oxygen atoms in total. The number of anilines is 1. The smallest absolute Gasteiger partial charge is 0.0377 e. The lowest BCUT2D eigenvalue weighted by Gasteiger charge is -2.23. The normalized spacial score (nSPS) is 20.2. The summed E-state index contributed by atoms with van der Waals surface area (Å²) in [6, 6.07) is 7.34. The summed E-state index contributed by atoms with van der Waals surface area (Å²) < 4.78 is 1.22. The molecular formula is C17H27BrN2. The topological polar surface area (TPSA) is 15.3 Å². The molecule has 3 heteroatoms. The lowest BCUT2D eigenvalue weighted by molar-refractivity contribution is 0.521. The predicted molar refractivity (Wildman–Crippen MR) is 91.3 cm³/mol. The summed E-state index contributed by atoms with van der Waals surface area (Å²) in [5.41, 5.74) is 2.70. The monoisotopic (exact) mass is 338 g/mol. The first-order valence-electron chi connectivity index (χ1n) is 7.83. The van der Waals surface area contributed by atoms with E-state index in [2.05, 4.69) is 65.1 Å². The first-order chi connectivity index (χ1) is 9.56. The minimum Gasteiger partial charge on any atom is -0.371 e. The summed E-state index contributed by atoms with van der Waals surface area (Å²) in [5, 5.41) is 3.47.